The third-order valence-corrected chi connectivity index (χ3v) is 1.88. The van der Waals surface area contributed by atoms with Crippen LogP contribution in [-0.2, 0) is 9.53 Å². The first-order valence-electron chi connectivity index (χ1n) is 4.90. The number of carbonyl (C=O) groups is 1. The van der Waals surface area contributed by atoms with Crippen molar-refractivity contribution in [3.63, 3.8) is 0 Å². The van der Waals surface area contributed by atoms with Crippen molar-refractivity contribution in [2.75, 3.05) is 26.3 Å². The van der Waals surface area contributed by atoms with E-state index in [1.54, 1.807) is 11.8 Å². The Balaban J connectivity index is 4.00. The highest BCUT2D eigenvalue weighted by Gasteiger charge is 2.14. The number of nitrogens with zero attached hydrogens (tertiary/aromatic N) is 2. The minimum absolute atomic E-state index is 0.0450. The second-order valence-corrected chi connectivity index (χ2v) is 3.10. The molecule has 0 bridgehead atoms. The molecule has 14 heavy (non-hydrogen) atoms. The lowest BCUT2D eigenvalue weighted by atomic mass is 10.2. The van der Waals surface area contributed by atoms with Crippen LogP contribution in [0.3, 0.4) is 0 Å². The van der Waals surface area contributed by atoms with Gasteiger partial charge in [0, 0.05) is 19.7 Å². The number of hydrogen-bond donors (Lipinski definition) is 0. The quantitative estimate of drug-likeness (QED) is 0.640. The summed E-state index contributed by atoms with van der Waals surface area (Å²) in [5, 5.41) is 8.62. The van der Waals surface area contributed by atoms with E-state index in [2.05, 4.69) is 6.07 Å². The third kappa shape index (κ3) is 4.83. The summed E-state index contributed by atoms with van der Waals surface area (Å²) in [4.78, 5) is 13.1. The van der Waals surface area contributed by atoms with Gasteiger partial charge >= 0.3 is 0 Å². The average Bonchev–Trinajstić information content (AvgIpc) is 2.21. The first kappa shape index (κ1) is 12.9. The topological polar surface area (TPSA) is 53.3 Å². The van der Waals surface area contributed by atoms with Crippen LogP contribution in [-0.4, -0.2) is 37.1 Å². The molecule has 0 N–H and O–H groups in total. The molecule has 1 atom stereocenters. The zero-order valence-electron chi connectivity index (χ0n) is 9.12. The van der Waals surface area contributed by atoms with Crippen molar-refractivity contribution in [3.8, 4) is 6.07 Å². The Morgan fingerprint density at radius 1 is 1.57 bits per heavy atom. The molecule has 0 saturated carbocycles. The molecule has 0 rings (SSSR count). The van der Waals surface area contributed by atoms with Crippen LogP contribution in [0.4, 0.5) is 0 Å². The van der Waals surface area contributed by atoms with Gasteiger partial charge in [-0.15, -0.1) is 0 Å². The highest BCUT2D eigenvalue weighted by atomic mass is 16.5. The second-order valence-electron chi connectivity index (χ2n) is 3.10. The Labute approximate surface area is 85.5 Å². The maximum atomic E-state index is 11.5. The van der Waals surface area contributed by atoms with E-state index in [-0.39, 0.29) is 18.4 Å². The molecule has 0 aliphatic heterocycles. The molecule has 0 aromatic carbocycles. The largest absolute Gasteiger partial charge is 0.372 e. The number of rotatable bonds is 6. The van der Waals surface area contributed by atoms with Crippen molar-refractivity contribution >= 4 is 5.91 Å². The summed E-state index contributed by atoms with van der Waals surface area (Å²) >= 11 is 0. The molecule has 1 unspecified atom stereocenters. The van der Waals surface area contributed by atoms with E-state index in [9.17, 15) is 4.79 Å². The monoisotopic (exact) mass is 198 g/mol. The van der Waals surface area contributed by atoms with Crippen LogP contribution >= 0.6 is 0 Å². The molecule has 0 aliphatic rings. The zero-order chi connectivity index (χ0) is 11.0. The van der Waals surface area contributed by atoms with Gasteiger partial charge in [0.15, 0.2) is 0 Å². The number of carbonyl (C=O) groups excluding carboxylic acids is 1. The first-order chi connectivity index (χ1) is 6.65. The standard InChI is InChI=1S/C10H18N2O2/c1-4-12(7-9(3)6-11)10(13)8-14-5-2/h9H,4-5,7-8H2,1-3H3. The Kier molecular flexibility index (Phi) is 6.77. The minimum Gasteiger partial charge on any atom is -0.372 e. The lowest BCUT2D eigenvalue weighted by Gasteiger charge is -2.21. The molecule has 0 fully saturated rings. The van der Waals surface area contributed by atoms with Crippen LogP contribution in [0.15, 0.2) is 0 Å². The first-order valence-corrected chi connectivity index (χ1v) is 4.90. The summed E-state index contributed by atoms with van der Waals surface area (Å²) in [6.45, 7) is 7.31. The average molecular weight is 198 g/mol. The molecule has 0 heterocycles. The second kappa shape index (κ2) is 7.34. The Morgan fingerprint density at radius 2 is 2.21 bits per heavy atom. The van der Waals surface area contributed by atoms with Crippen molar-refractivity contribution in [1.29, 1.82) is 5.26 Å². The van der Waals surface area contributed by atoms with Gasteiger partial charge in [0.2, 0.25) is 5.91 Å². The van der Waals surface area contributed by atoms with Crippen LogP contribution in [0.1, 0.15) is 20.8 Å². The van der Waals surface area contributed by atoms with Crippen LogP contribution in [0.25, 0.3) is 0 Å². The van der Waals surface area contributed by atoms with Gasteiger partial charge in [0.05, 0.1) is 12.0 Å². The van der Waals surface area contributed by atoms with Gasteiger partial charge in [-0.25, -0.2) is 0 Å². The normalized spacial score (nSPS) is 11.9. The Morgan fingerprint density at radius 3 is 2.64 bits per heavy atom. The van der Waals surface area contributed by atoms with E-state index in [0.29, 0.717) is 19.7 Å². The summed E-state index contributed by atoms with van der Waals surface area (Å²) in [6, 6.07) is 2.11. The number of nitriles is 1. The fourth-order valence-electron chi connectivity index (χ4n) is 1.06. The predicted octanol–water partition coefficient (Wildman–Crippen LogP) is 1.03. The van der Waals surface area contributed by atoms with Crippen molar-refractivity contribution in [1.82, 2.24) is 4.90 Å². The molecule has 0 spiro atoms. The maximum Gasteiger partial charge on any atom is 0.248 e. The molecular formula is C10H18N2O2. The lowest BCUT2D eigenvalue weighted by Crippen LogP contribution is -2.36. The van der Waals surface area contributed by atoms with E-state index >= 15 is 0 Å². The van der Waals surface area contributed by atoms with Crippen molar-refractivity contribution in [3.05, 3.63) is 0 Å². The highest BCUT2D eigenvalue weighted by molar-refractivity contribution is 5.77. The minimum atomic E-state index is -0.125. The van der Waals surface area contributed by atoms with E-state index < -0.39 is 0 Å². The van der Waals surface area contributed by atoms with E-state index in [1.165, 1.54) is 0 Å². The molecule has 0 saturated heterocycles. The fourth-order valence-corrected chi connectivity index (χ4v) is 1.06. The molecule has 0 aliphatic carbocycles. The smallest absolute Gasteiger partial charge is 0.248 e. The number of amides is 1. The van der Waals surface area contributed by atoms with Gasteiger partial charge < -0.3 is 9.64 Å². The van der Waals surface area contributed by atoms with E-state index in [4.69, 9.17) is 10.00 Å². The highest BCUT2D eigenvalue weighted by Crippen LogP contribution is 1.99. The van der Waals surface area contributed by atoms with Crippen molar-refractivity contribution < 1.29 is 9.53 Å². The van der Waals surface area contributed by atoms with Crippen LogP contribution in [0.2, 0.25) is 0 Å². The van der Waals surface area contributed by atoms with Crippen LogP contribution in [0, 0.1) is 17.2 Å². The van der Waals surface area contributed by atoms with Crippen molar-refractivity contribution in [2.45, 2.75) is 20.8 Å². The molecule has 4 nitrogen and oxygen atoms in total. The fraction of sp³-hybridized carbons (Fsp3) is 0.800. The molecule has 1 amide bonds. The number of hydrogen-bond acceptors (Lipinski definition) is 3. The molecule has 0 radical (unpaired) electrons. The third-order valence-electron chi connectivity index (χ3n) is 1.88. The maximum absolute atomic E-state index is 11.5. The summed E-state index contributed by atoms with van der Waals surface area (Å²) in [7, 11) is 0. The lowest BCUT2D eigenvalue weighted by molar-refractivity contribution is -0.136. The summed E-state index contributed by atoms with van der Waals surface area (Å²) in [5.74, 6) is -0.169. The Hall–Kier alpha value is -1.08. The summed E-state index contributed by atoms with van der Waals surface area (Å²) in [6.07, 6.45) is 0. The Bertz CT molecular complexity index is 211. The van der Waals surface area contributed by atoms with Crippen LogP contribution < -0.4 is 0 Å². The molecule has 0 aromatic rings. The zero-order valence-corrected chi connectivity index (χ0v) is 9.12. The van der Waals surface area contributed by atoms with Gasteiger partial charge in [-0.3, -0.25) is 4.79 Å². The SMILES string of the molecule is CCOCC(=O)N(CC)CC(C)C#N. The summed E-state index contributed by atoms with van der Waals surface area (Å²) in [5.41, 5.74) is 0. The summed E-state index contributed by atoms with van der Waals surface area (Å²) < 4.78 is 5.02. The predicted molar refractivity (Wildman–Crippen MR) is 53.5 cm³/mol. The molecule has 80 valence electrons. The molecule has 4 heteroatoms. The van der Waals surface area contributed by atoms with Gasteiger partial charge in [0.1, 0.15) is 6.61 Å². The number of ether oxygens (including phenoxy) is 1. The van der Waals surface area contributed by atoms with E-state index in [0.717, 1.165) is 0 Å². The number of likely N-dealkylation sites (N-methyl/N-ethyl adjacent to an activating group) is 1. The molecule has 0 aromatic heterocycles. The van der Waals surface area contributed by atoms with Gasteiger partial charge in [-0.05, 0) is 20.8 Å². The van der Waals surface area contributed by atoms with Crippen molar-refractivity contribution in [2.24, 2.45) is 5.92 Å². The van der Waals surface area contributed by atoms with Crippen LogP contribution in [0.5, 0.6) is 0 Å². The molecular weight excluding hydrogens is 180 g/mol. The van der Waals surface area contributed by atoms with Gasteiger partial charge in [-0.2, -0.15) is 5.26 Å². The van der Waals surface area contributed by atoms with Gasteiger partial charge in [0.25, 0.3) is 0 Å². The van der Waals surface area contributed by atoms with E-state index in [1.807, 2.05) is 13.8 Å². The van der Waals surface area contributed by atoms with Gasteiger partial charge in [-0.1, -0.05) is 0 Å².